The van der Waals surface area contributed by atoms with Gasteiger partial charge in [-0.05, 0) is 73.6 Å². The van der Waals surface area contributed by atoms with E-state index in [0.29, 0.717) is 29.6 Å². The van der Waals surface area contributed by atoms with Crippen LogP contribution in [0.5, 0.6) is 5.75 Å². The fourth-order valence-corrected chi connectivity index (χ4v) is 4.70. The molecule has 1 unspecified atom stereocenters. The maximum absolute atomic E-state index is 13.1. The van der Waals surface area contributed by atoms with E-state index in [1.165, 1.54) is 5.56 Å². The molecule has 2 fully saturated rings. The average molecular weight is 427 g/mol. The molecular formula is C24H27ClN2O3. The molecule has 6 heteroatoms. The van der Waals surface area contributed by atoms with Crippen LogP contribution in [0.3, 0.4) is 0 Å². The smallest absolute Gasteiger partial charge is 0.253 e. The zero-order valence-corrected chi connectivity index (χ0v) is 17.7. The van der Waals surface area contributed by atoms with Crippen molar-refractivity contribution >= 4 is 23.4 Å². The number of likely N-dealkylation sites (tertiary alicyclic amines) is 2. The van der Waals surface area contributed by atoms with Gasteiger partial charge in [0, 0.05) is 36.8 Å². The quantitative estimate of drug-likeness (QED) is 0.795. The maximum Gasteiger partial charge on any atom is 0.253 e. The van der Waals surface area contributed by atoms with Crippen LogP contribution in [0.2, 0.25) is 5.02 Å². The summed E-state index contributed by atoms with van der Waals surface area (Å²) >= 11 is 5.92. The van der Waals surface area contributed by atoms with E-state index in [0.717, 1.165) is 38.8 Å². The van der Waals surface area contributed by atoms with Crippen molar-refractivity contribution in [3.8, 4) is 5.75 Å². The van der Waals surface area contributed by atoms with Crippen molar-refractivity contribution < 1.29 is 14.7 Å². The Kier molecular flexibility index (Phi) is 6.28. The van der Waals surface area contributed by atoms with Crippen LogP contribution in [0.15, 0.2) is 48.5 Å². The van der Waals surface area contributed by atoms with E-state index >= 15 is 0 Å². The zero-order valence-electron chi connectivity index (χ0n) is 17.0. The van der Waals surface area contributed by atoms with Gasteiger partial charge in [-0.3, -0.25) is 9.59 Å². The number of piperidine rings is 2. The van der Waals surface area contributed by atoms with Crippen molar-refractivity contribution in [1.29, 1.82) is 0 Å². The number of halogens is 1. The molecule has 1 atom stereocenters. The summed E-state index contributed by atoms with van der Waals surface area (Å²) in [4.78, 5) is 29.7. The van der Waals surface area contributed by atoms with Gasteiger partial charge in [0.15, 0.2) is 0 Å². The average Bonchev–Trinajstić information content (AvgIpc) is 2.79. The predicted octanol–water partition coefficient (Wildman–Crippen LogP) is 4.30. The molecule has 2 aliphatic rings. The van der Waals surface area contributed by atoms with Gasteiger partial charge in [-0.15, -0.1) is 0 Å². The Labute approximate surface area is 182 Å². The molecule has 2 aliphatic heterocycles. The molecule has 1 N–H and O–H groups in total. The number of carbonyl (C=O) groups excluding carboxylic acids is 2. The lowest BCUT2D eigenvalue weighted by atomic mass is 9.88. The number of hydrogen-bond donors (Lipinski definition) is 1. The first kappa shape index (κ1) is 20.7. The fraction of sp³-hybridized carbons (Fsp3) is 0.417. The molecule has 4 rings (SSSR count). The van der Waals surface area contributed by atoms with E-state index in [-0.39, 0.29) is 23.5 Å². The Morgan fingerprint density at radius 3 is 2.20 bits per heavy atom. The number of phenolic OH excluding ortho intramolecular Hbond substituents is 1. The van der Waals surface area contributed by atoms with E-state index in [9.17, 15) is 14.7 Å². The zero-order chi connectivity index (χ0) is 21.1. The molecule has 2 heterocycles. The number of nitrogens with zero attached hydrogens (tertiary/aromatic N) is 2. The minimum Gasteiger partial charge on any atom is -0.508 e. The Balaban J connectivity index is 1.34. The molecule has 0 saturated carbocycles. The monoisotopic (exact) mass is 426 g/mol. The molecule has 0 spiro atoms. The number of rotatable bonds is 3. The number of benzene rings is 2. The van der Waals surface area contributed by atoms with Gasteiger partial charge in [0.25, 0.3) is 5.91 Å². The van der Waals surface area contributed by atoms with E-state index in [4.69, 9.17) is 11.6 Å². The SMILES string of the molecule is O=C(c1ccc(Cl)cc1)N1CCCC(C(=O)N2CCC(c3ccc(O)cc3)CC2)C1. The van der Waals surface area contributed by atoms with E-state index in [1.54, 1.807) is 41.3 Å². The van der Waals surface area contributed by atoms with Crippen molar-refractivity contribution in [1.82, 2.24) is 9.80 Å². The van der Waals surface area contributed by atoms with Gasteiger partial charge in [-0.25, -0.2) is 0 Å². The van der Waals surface area contributed by atoms with Gasteiger partial charge < -0.3 is 14.9 Å². The number of phenols is 1. The second-order valence-electron chi connectivity index (χ2n) is 8.29. The largest absolute Gasteiger partial charge is 0.508 e. The van der Waals surface area contributed by atoms with Crippen LogP contribution in [-0.4, -0.2) is 52.9 Å². The highest BCUT2D eigenvalue weighted by Gasteiger charge is 2.33. The summed E-state index contributed by atoms with van der Waals surface area (Å²) in [7, 11) is 0. The molecule has 30 heavy (non-hydrogen) atoms. The van der Waals surface area contributed by atoms with Crippen LogP contribution in [0.1, 0.15) is 47.5 Å². The van der Waals surface area contributed by atoms with Gasteiger partial charge in [0.1, 0.15) is 5.75 Å². The van der Waals surface area contributed by atoms with E-state index in [1.807, 2.05) is 17.0 Å². The summed E-state index contributed by atoms with van der Waals surface area (Å²) in [6.45, 7) is 2.66. The number of aromatic hydroxyl groups is 1. The van der Waals surface area contributed by atoms with Crippen molar-refractivity contribution in [2.75, 3.05) is 26.2 Å². The summed E-state index contributed by atoms with van der Waals surface area (Å²) in [6.07, 6.45) is 3.54. The summed E-state index contributed by atoms with van der Waals surface area (Å²) in [5.74, 6) is 0.716. The normalized spacial score (nSPS) is 20.2. The Morgan fingerprint density at radius 1 is 0.867 bits per heavy atom. The van der Waals surface area contributed by atoms with Gasteiger partial charge in [0.2, 0.25) is 5.91 Å². The lowest BCUT2D eigenvalue weighted by Crippen LogP contribution is -2.48. The minimum atomic E-state index is -0.125. The summed E-state index contributed by atoms with van der Waals surface area (Å²) in [6, 6.07) is 14.3. The van der Waals surface area contributed by atoms with Crippen LogP contribution in [0.25, 0.3) is 0 Å². The first-order chi connectivity index (χ1) is 14.5. The second-order valence-corrected chi connectivity index (χ2v) is 8.72. The van der Waals surface area contributed by atoms with Crippen molar-refractivity contribution in [3.05, 3.63) is 64.7 Å². The molecule has 0 bridgehead atoms. The lowest BCUT2D eigenvalue weighted by molar-refractivity contribution is -0.138. The summed E-state index contributed by atoms with van der Waals surface area (Å²) in [5.41, 5.74) is 1.83. The number of carbonyl (C=O) groups is 2. The summed E-state index contributed by atoms with van der Waals surface area (Å²) in [5, 5.41) is 10.1. The van der Waals surface area contributed by atoms with Gasteiger partial charge in [0.05, 0.1) is 5.92 Å². The van der Waals surface area contributed by atoms with Crippen molar-refractivity contribution in [2.45, 2.75) is 31.6 Å². The molecule has 5 nitrogen and oxygen atoms in total. The minimum absolute atomic E-state index is 0.0322. The molecule has 2 amide bonds. The number of amides is 2. The Morgan fingerprint density at radius 2 is 1.53 bits per heavy atom. The third kappa shape index (κ3) is 4.62. The molecule has 0 aromatic heterocycles. The first-order valence-corrected chi connectivity index (χ1v) is 11.0. The molecule has 2 aromatic rings. The number of hydrogen-bond acceptors (Lipinski definition) is 3. The van der Waals surface area contributed by atoms with Crippen LogP contribution in [0.4, 0.5) is 0 Å². The van der Waals surface area contributed by atoms with Gasteiger partial charge in [-0.2, -0.15) is 0 Å². The first-order valence-electron chi connectivity index (χ1n) is 10.6. The van der Waals surface area contributed by atoms with Crippen LogP contribution < -0.4 is 0 Å². The standard InChI is InChI=1S/C24H27ClN2O3/c25-21-7-3-19(4-8-21)23(29)27-13-1-2-20(16-27)24(30)26-14-11-18(12-15-26)17-5-9-22(28)10-6-17/h3-10,18,20,28H,1-2,11-16H2. The highest BCUT2D eigenvalue weighted by molar-refractivity contribution is 6.30. The van der Waals surface area contributed by atoms with Crippen molar-refractivity contribution in [3.63, 3.8) is 0 Å². The fourth-order valence-electron chi connectivity index (χ4n) is 4.58. The molecule has 2 saturated heterocycles. The topological polar surface area (TPSA) is 60.9 Å². The highest BCUT2D eigenvalue weighted by Crippen LogP contribution is 2.30. The summed E-state index contributed by atoms with van der Waals surface area (Å²) < 4.78 is 0. The molecule has 2 aromatic carbocycles. The van der Waals surface area contributed by atoms with Crippen LogP contribution in [0, 0.1) is 5.92 Å². The maximum atomic E-state index is 13.1. The highest BCUT2D eigenvalue weighted by atomic mass is 35.5. The van der Waals surface area contributed by atoms with Crippen LogP contribution in [-0.2, 0) is 4.79 Å². The van der Waals surface area contributed by atoms with Crippen LogP contribution >= 0.6 is 11.6 Å². The molecule has 0 aliphatic carbocycles. The molecular weight excluding hydrogens is 400 g/mol. The lowest BCUT2D eigenvalue weighted by Gasteiger charge is -2.38. The third-order valence-corrected chi connectivity index (χ3v) is 6.57. The van der Waals surface area contributed by atoms with E-state index in [2.05, 4.69) is 0 Å². The molecule has 158 valence electrons. The Bertz CT molecular complexity index is 890. The van der Waals surface area contributed by atoms with E-state index < -0.39 is 0 Å². The van der Waals surface area contributed by atoms with Gasteiger partial charge in [-0.1, -0.05) is 23.7 Å². The third-order valence-electron chi connectivity index (χ3n) is 6.32. The van der Waals surface area contributed by atoms with Gasteiger partial charge >= 0.3 is 0 Å². The molecule has 0 radical (unpaired) electrons. The van der Waals surface area contributed by atoms with Crippen molar-refractivity contribution in [2.24, 2.45) is 5.92 Å². The second kappa shape index (κ2) is 9.09. The Hall–Kier alpha value is -2.53. The predicted molar refractivity (Wildman–Crippen MR) is 117 cm³/mol.